The average molecular weight is 233 g/mol. The summed E-state index contributed by atoms with van der Waals surface area (Å²) in [5.41, 5.74) is 2.53. The zero-order chi connectivity index (χ0) is 11.7. The Morgan fingerprint density at radius 3 is 3.06 bits per heavy atom. The van der Waals surface area contributed by atoms with Gasteiger partial charge in [0.15, 0.2) is 0 Å². The summed E-state index contributed by atoms with van der Waals surface area (Å²) in [5, 5.41) is 3.46. The molecule has 1 saturated heterocycles. The third-order valence-corrected chi connectivity index (χ3v) is 3.85. The van der Waals surface area contributed by atoms with Crippen LogP contribution in [0.2, 0.25) is 0 Å². The van der Waals surface area contributed by atoms with E-state index in [0.717, 1.165) is 25.3 Å². The largest absolute Gasteiger partial charge is 0.495 e. The van der Waals surface area contributed by atoms with Gasteiger partial charge in [-0.25, -0.2) is 0 Å². The second kappa shape index (κ2) is 4.57. The predicted molar refractivity (Wildman–Crippen MR) is 67.8 cm³/mol. The first kappa shape index (κ1) is 10.9. The molecule has 2 atom stereocenters. The van der Waals surface area contributed by atoms with E-state index in [-0.39, 0.29) is 0 Å². The van der Waals surface area contributed by atoms with Gasteiger partial charge in [-0.1, -0.05) is 12.1 Å². The van der Waals surface area contributed by atoms with Crippen molar-refractivity contribution in [1.82, 2.24) is 0 Å². The Kier molecular flexibility index (Phi) is 2.93. The van der Waals surface area contributed by atoms with E-state index in [1.165, 1.54) is 24.1 Å². The standard InChI is InChI=1S/C14H19NO2/c1-16-13-5-2-4-11-10(7-8-15-14(11)13)12-6-3-9-17-12/h2,4-5,10,12,15H,3,6-9H2,1H3. The van der Waals surface area contributed by atoms with Crippen LogP contribution in [-0.2, 0) is 4.74 Å². The molecule has 0 aliphatic carbocycles. The van der Waals surface area contributed by atoms with Crippen molar-refractivity contribution in [2.45, 2.75) is 31.3 Å². The number of para-hydroxylation sites is 1. The molecule has 0 aromatic heterocycles. The Morgan fingerprint density at radius 2 is 2.29 bits per heavy atom. The first-order valence-electron chi connectivity index (χ1n) is 6.42. The number of anilines is 1. The minimum absolute atomic E-state index is 0.406. The third kappa shape index (κ3) is 1.89. The van der Waals surface area contributed by atoms with Crippen LogP contribution in [0.4, 0.5) is 5.69 Å². The first-order valence-corrected chi connectivity index (χ1v) is 6.42. The molecule has 1 aromatic carbocycles. The molecule has 0 amide bonds. The summed E-state index contributed by atoms with van der Waals surface area (Å²) in [6, 6.07) is 6.30. The monoisotopic (exact) mass is 233 g/mol. The fourth-order valence-electron chi connectivity index (χ4n) is 3.03. The molecule has 92 valence electrons. The number of methoxy groups -OCH3 is 1. The van der Waals surface area contributed by atoms with E-state index in [2.05, 4.69) is 17.4 Å². The first-order chi connectivity index (χ1) is 8.40. The van der Waals surface area contributed by atoms with Gasteiger partial charge >= 0.3 is 0 Å². The second-order valence-electron chi connectivity index (χ2n) is 4.80. The molecule has 3 nitrogen and oxygen atoms in total. The fourth-order valence-corrected chi connectivity index (χ4v) is 3.03. The lowest BCUT2D eigenvalue weighted by molar-refractivity contribution is 0.0860. The zero-order valence-corrected chi connectivity index (χ0v) is 10.2. The molecule has 0 saturated carbocycles. The summed E-state index contributed by atoms with van der Waals surface area (Å²) >= 11 is 0. The van der Waals surface area contributed by atoms with Crippen LogP contribution < -0.4 is 10.1 Å². The summed E-state index contributed by atoms with van der Waals surface area (Å²) in [7, 11) is 1.73. The minimum Gasteiger partial charge on any atom is -0.495 e. The molecule has 2 aliphatic heterocycles. The summed E-state index contributed by atoms with van der Waals surface area (Å²) in [4.78, 5) is 0. The topological polar surface area (TPSA) is 30.5 Å². The highest BCUT2D eigenvalue weighted by molar-refractivity contribution is 5.64. The van der Waals surface area contributed by atoms with Crippen LogP contribution in [0.1, 0.15) is 30.7 Å². The number of hydrogen-bond donors (Lipinski definition) is 1. The van der Waals surface area contributed by atoms with Gasteiger partial charge in [-0.3, -0.25) is 0 Å². The zero-order valence-electron chi connectivity index (χ0n) is 10.2. The molecule has 0 bridgehead atoms. The van der Waals surface area contributed by atoms with Crippen LogP contribution in [0.25, 0.3) is 0 Å². The maximum atomic E-state index is 5.85. The SMILES string of the molecule is COc1cccc2c1NCCC2C1CCCO1. The van der Waals surface area contributed by atoms with Gasteiger partial charge < -0.3 is 14.8 Å². The van der Waals surface area contributed by atoms with Gasteiger partial charge in [0.05, 0.1) is 18.9 Å². The molecule has 1 fully saturated rings. The molecular weight excluding hydrogens is 214 g/mol. The van der Waals surface area contributed by atoms with E-state index >= 15 is 0 Å². The summed E-state index contributed by atoms with van der Waals surface area (Å²) in [5.74, 6) is 1.48. The predicted octanol–water partition coefficient (Wildman–Crippen LogP) is 2.77. The molecule has 1 aromatic rings. The third-order valence-electron chi connectivity index (χ3n) is 3.85. The van der Waals surface area contributed by atoms with Crippen LogP contribution >= 0.6 is 0 Å². The van der Waals surface area contributed by atoms with E-state index in [4.69, 9.17) is 9.47 Å². The summed E-state index contributed by atoms with van der Waals surface area (Å²) < 4.78 is 11.3. The quantitative estimate of drug-likeness (QED) is 0.852. The van der Waals surface area contributed by atoms with Crippen molar-refractivity contribution in [2.75, 3.05) is 25.6 Å². The molecule has 3 heteroatoms. The van der Waals surface area contributed by atoms with Crippen molar-refractivity contribution < 1.29 is 9.47 Å². The van der Waals surface area contributed by atoms with Crippen LogP contribution in [-0.4, -0.2) is 26.4 Å². The molecule has 0 spiro atoms. The lowest BCUT2D eigenvalue weighted by Gasteiger charge is -2.31. The van der Waals surface area contributed by atoms with Crippen molar-refractivity contribution in [3.63, 3.8) is 0 Å². The van der Waals surface area contributed by atoms with Crippen LogP contribution in [0.5, 0.6) is 5.75 Å². The number of fused-ring (bicyclic) bond motifs is 1. The van der Waals surface area contributed by atoms with Crippen molar-refractivity contribution in [1.29, 1.82) is 0 Å². The van der Waals surface area contributed by atoms with Crippen molar-refractivity contribution in [2.24, 2.45) is 0 Å². The van der Waals surface area contributed by atoms with Crippen molar-refractivity contribution in [3.05, 3.63) is 23.8 Å². The summed E-state index contributed by atoms with van der Waals surface area (Å²) in [6.45, 7) is 1.94. The molecule has 3 rings (SSSR count). The second-order valence-corrected chi connectivity index (χ2v) is 4.80. The number of nitrogens with one attached hydrogen (secondary N) is 1. The highest BCUT2D eigenvalue weighted by Crippen LogP contribution is 2.42. The normalized spacial score (nSPS) is 27.4. The van der Waals surface area contributed by atoms with E-state index < -0.39 is 0 Å². The minimum atomic E-state index is 0.406. The highest BCUT2D eigenvalue weighted by Gasteiger charge is 2.31. The van der Waals surface area contributed by atoms with Gasteiger partial charge in [-0.2, -0.15) is 0 Å². The number of rotatable bonds is 2. The van der Waals surface area contributed by atoms with Gasteiger partial charge in [0, 0.05) is 19.1 Å². The lowest BCUT2D eigenvalue weighted by atomic mass is 9.85. The van der Waals surface area contributed by atoms with Gasteiger partial charge in [0.1, 0.15) is 5.75 Å². The van der Waals surface area contributed by atoms with E-state index in [9.17, 15) is 0 Å². The van der Waals surface area contributed by atoms with Gasteiger partial charge in [0.2, 0.25) is 0 Å². The Bertz CT molecular complexity index is 399. The highest BCUT2D eigenvalue weighted by atomic mass is 16.5. The smallest absolute Gasteiger partial charge is 0.142 e. The Morgan fingerprint density at radius 1 is 1.35 bits per heavy atom. The number of ether oxygens (including phenoxy) is 2. The number of benzene rings is 1. The Labute approximate surface area is 102 Å². The molecule has 17 heavy (non-hydrogen) atoms. The maximum Gasteiger partial charge on any atom is 0.142 e. The molecule has 2 aliphatic rings. The van der Waals surface area contributed by atoms with Crippen LogP contribution in [0.3, 0.4) is 0 Å². The average Bonchev–Trinajstić information content (AvgIpc) is 2.91. The molecule has 0 radical (unpaired) electrons. The molecule has 2 unspecified atom stereocenters. The lowest BCUT2D eigenvalue weighted by Crippen LogP contribution is -2.26. The summed E-state index contributed by atoms with van der Waals surface area (Å²) in [6.07, 6.45) is 3.96. The molecule has 1 N–H and O–H groups in total. The number of hydrogen-bond acceptors (Lipinski definition) is 3. The van der Waals surface area contributed by atoms with Crippen LogP contribution in [0.15, 0.2) is 18.2 Å². The van der Waals surface area contributed by atoms with Gasteiger partial charge in [-0.15, -0.1) is 0 Å². The fraction of sp³-hybridized carbons (Fsp3) is 0.571. The molecule has 2 heterocycles. The van der Waals surface area contributed by atoms with E-state index in [1.807, 2.05) is 6.07 Å². The Hall–Kier alpha value is -1.22. The van der Waals surface area contributed by atoms with E-state index in [1.54, 1.807) is 7.11 Å². The van der Waals surface area contributed by atoms with Gasteiger partial charge in [0.25, 0.3) is 0 Å². The molecular formula is C14H19NO2. The van der Waals surface area contributed by atoms with Gasteiger partial charge in [-0.05, 0) is 30.9 Å². The maximum absolute atomic E-state index is 5.85. The Balaban J connectivity index is 1.95. The van der Waals surface area contributed by atoms with Crippen molar-refractivity contribution in [3.8, 4) is 5.75 Å². The van der Waals surface area contributed by atoms with E-state index in [0.29, 0.717) is 12.0 Å². The van der Waals surface area contributed by atoms with Crippen molar-refractivity contribution >= 4 is 5.69 Å². The van der Waals surface area contributed by atoms with Crippen LogP contribution in [0, 0.1) is 0 Å².